The molecule has 0 saturated heterocycles. The quantitative estimate of drug-likeness (QED) is 0.439. The van der Waals surface area contributed by atoms with Gasteiger partial charge in [0.15, 0.2) is 0 Å². The molecule has 0 bridgehead atoms. The molecule has 1 aliphatic rings. The Hall–Kier alpha value is 1.30. The van der Waals surface area contributed by atoms with Gasteiger partial charge in [-0.1, -0.05) is 0 Å². The number of rotatable bonds is 6. The van der Waals surface area contributed by atoms with Gasteiger partial charge in [0.1, 0.15) is 0 Å². The number of halogens is 2. The molecule has 1 atom stereocenters. The summed E-state index contributed by atoms with van der Waals surface area (Å²) in [6.07, 6.45) is 0. The van der Waals surface area contributed by atoms with Crippen LogP contribution in [0.2, 0.25) is 28.9 Å². The van der Waals surface area contributed by atoms with E-state index in [9.17, 15) is 0 Å². The van der Waals surface area contributed by atoms with Gasteiger partial charge in [-0.3, -0.25) is 0 Å². The van der Waals surface area contributed by atoms with E-state index in [4.69, 9.17) is 4.43 Å². The molecule has 138 valence electrons. The maximum absolute atomic E-state index is 6.01. The zero-order valence-corrected chi connectivity index (χ0v) is 22.9. The predicted octanol–water partition coefficient (Wildman–Crippen LogP) is 4.78. The molecule has 0 heterocycles. The molecule has 0 radical (unpaired) electrons. The van der Waals surface area contributed by atoms with E-state index < -0.39 is 26.0 Å². The van der Waals surface area contributed by atoms with E-state index in [1.807, 2.05) is 0 Å². The van der Waals surface area contributed by atoms with Crippen molar-refractivity contribution in [3.05, 3.63) is 20.0 Å². The number of allylic oxidation sites excluding steroid dienone is 4. The summed E-state index contributed by atoms with van der Waals surface area (Å²) >= 11 is -2.99. The second-order valence-corrected chi connectivity index (χ2v) is 41.1. The molecule has 0 aromatic carbocycles. The first-order valence-corrected chi connectivity index (χ1v) is 24.8. The molecule has 0 aliphatic heterocycles. The molecule has 0 aromatic rings. The first-order chi connectivity index (χ1) is 9.25. The van der Waals surface area contributed by atoms with Crippen LogP contribution in [-0.4, -0.2) is 28.3 Å². The molecule has 1 rings (SSSR count). The molecule has 1 unspecified atom stereocenters. The molecule has 0 fully saturated rings. The molecule has 0 saturated carbocycles. The summed E-state index contributed by atoms with van der Waals surface area (Å²) in [4.78, 5) is 0. The average Bonchev–Trinajstić information content (AvgIpc) is 2.48. The van der Waals surface area contributed by atoms with Gasteiger partial charge < -0.3 is 0 Å². The topological polar surface area (TPSA) is 21.3 Å². The monoisotopic (exact) mass is 475 g/mol. The maximum Gasteiger partial charge on any atom is -0.147 e. The Balaban J connectivity index is 0. The fourth-order valence-corrected chi connectivity index (χ4v) is 18.8. The summed E-state index contributed by atoms with van der Waals surface area (Å²) in [5.41, 5.74) is 4.65. The number of nitrogens with one attached hydrogen (secondary N) is 1. The van der Waals surface area contributed by atoms with E-state index in [0.29, 0.717) is 5.92 Å². The molecule has 2 nitrogen and oxygen atoms in total. The molecule has 0 aromatic heterocycles. The largest absolute Gasteiger partial charge is 0.147 e. The summed E-state index contributed by atoms with van der Waals surface area (Å²) in [6.45, 7) is 20.2. The van der Waals surface area contributed by atoms with Crippen LogP contribution in [0.3, 0.4) is 0 Å². The zero-order valence-electron chi connectivity index (χ0n) is 16.4. The van der Waals surface area contributed by atoms with Crippen LogP contribution in [0.5, 0.6) is 0 Å². The van der Waals surface area contributed by atoms with Gasteiger partial charge in [-0.25, -0.2) is 0 Å². The normalized spacial score (nSPS) is 19.7. The Labute approximate surface area is 160 Å². The van der Waals surface area contributed by atoms with Gasteiger partial charge in [-0.2, -0.15) is 0 Å². The van der Waals surface area contributed by atoms with Crippen LogP contribution >= 0.6 is 24.8 Å². The van der Waals surface area contributed by atoms with Crippen molar-refractivity contribution in [2.75, 3.05) is 13.2 Å². The second kappa shape index (κ2) is 8.79. The summed E-state index contributed by atoms with van der Waals surface area (Å²) in [5.74, 6) is 0.619. The van der Waals surface area contributed by atoms with Crippen LogP contribution in [0.15, 0.2) is 20.0 Å². The van der Waals surface area contributed by atoms with Crippen LogP contribution in [-0.2, 0) is 22.1 Å². The predicted molar refractivity (Wildman–Crippen MR) is 112 cm³/mol. The minimum atomic E-state index is -2.99. The van der Waals surface area contributed by atoms with Crippen LogP contribution in [0.25, 0.3) is 0 Å². The van der Waals surface area contributed by atoms with E-state index in [-0.39, 0.29) is 24.8 Å². The third-order valence-corrected chi connectivity index (χ3v) is 19.3. The SMILES string of the molecule is CC1=C(C)C(C)[C]([Zr]([CH3])([CH3])(=[SiH2])[NH]CCO[Si](C)(C)C)=C1C.Cl.Cl. The first kappa shape index (κ1) is 26.5. The van der Waals surface area contributed by atoms with Crippen molar-refractivity contribution in [1.29, 1.82) is 0 Å². The van der Waals surface area contributed by atoms with E-state index in [0.717, 1.165) is 13.2 Å². The molecular weight excluding hydrogens is 440 g/mol. The Morgan fingerprint density at radius 1 is 1.09 bits per heavy atom. The van der Waals surface area contributed by atoms with Crippen molar-refractivity contribution in [2.45, 2.75) is 56.6 Å². The Bertz CT molecular complexity index is 559. The van der Waals surface area contributed by atoms with Crippen molar-refractivity contribution >= 4 is 40.0 Å². The van der Waals surface area contributed by atoms with Gasteiger partial charge in [-0.15, -0.1) is 24.8 Å². The summed E-state index contributed by atoms with van der Waals surface area (Å²) in [7, 11) is -1.39. The van der Waals surface area contributed by atoms with E-state index in [1.165, 1.54) is 5.57 Å². The minimum Gasteiger partial charge on any atom is -0.147 e. The van der Waals surface area contributed by atoms with E-state index in [1.54, 1.807) is 14.4 Å². The van der Waals surface area contributed by atoms with Gasteiger partial charge in [-0.05, 0) is 0 Å². The van der Waals surface area contributed by atoms with Gasteiger partial charge >= 0.3 is 136 Å². The van der Waals surface area contributed by atoms with Crippen LogP contribution in [0, 0.1) is 5.92 Å². The standard InChI is InChI=1S/C9H13.C5H14NOSi.2CH3.2ClH.H2Si.Zr/c1-6-5-7(2)9(4)8(6)3;1-8(2,3)7-5-4-6;;;;;;/h6H,1-4H3;6H,4-5H2,1-3H3;2*1H3;2*1H;1H2;/q;-1;;;;;;+1. The van der Waals surface area contributed by atoms with Crippen molar-refractivity contribution in [2.24, 2.45) is 5.92 Å². The van der Waals surface area contributed by atoms with Crippen molar-refractivity contribution in [1.82, 2.24) is 3.26 Å². The number of hydrogen-bond donors (Lipinski definition) is 1. The molecule has 0 amide bonds. The Morgan fingerprint density at radius 3 is 1.91 bits per heavy atom. The van der Waals surface area contributed by atoms with E-state index in [2.05, 4.69) is 66.7 Å². The van der Waals surface area contributed by atoms with Crippen molar-refractivity contribution in [3.8, 4) is 0 Å². The third kappa shape index (κ3) is 6.84. The van der Waals surface area contributed by atoms with Gasteiger partial charge in [0, 0.05) is 0 Å². The minimum absolute atomic E-state index is 0. The molecule has 1 N–H and O–H groups in total. The summed E-state index contributed by atoms with van der Waals surface area (Å²) in [6, 6.07) is 0. The van der Waals surface area contributed by atoms with E-state index >= 15 is 0 Å². The van der Waals surface area contributed by atoms with Gasteiger partial charge in [0.25, 0.3) is 0 Å². The molecular formula is C16H37Cl2NOSi2Zr. The zero-order chi connectivity index (χ0) is 16.7. The second-order valence-electron chi connectivity index (χ2n) is 8.64. The van der Waals surface area contributed by atoms with Crippen molar-refractivity contribution in [3.63, 3.8) is 0 Å². The molecule has 7 heteroatoms. The van der Waals surface area contributed by atoms with Gasteiger partial charge in [0.2, 0.25) is 0 Å². The van der Waals surface area contributed by atoms with Gasteiger partial charge in [0.05, 0.1) is 0 Å². The molecule has 23 heavy (non-hydrogen) atoms. The fraction of sp³-hybridized carbons (Fsp3) is 0.750. The Morgan fingerprint density at radius 2 is 1.57 bits per heavy atom. The van der Waals surface area contributed by atoms with Crippen LogP contribution in [0.4, 0.5) is 0 Å². The molecule has 0 spiro atoms. The third-order valence-electron chi connectivity index (χ3n) is 4.83. The summed E-state index contributed by atoms with van der Waals surface area (Å²) < 4.78 is 16.8. The number of hydrogen-bond acceptors (Lipinski definition) is 2. The fourth-order valence-electron chi connectivity index (χ4n) is 3.56. The smallest absolute Gasteiger partial charge is 0.147 e. The Kier molecular flexibility index (Phi) is 10.1. The first-order valence-electron chi connectivity index (χ1n) is 8.10. The van der Waals surface area contributed by atoms with Crippen molar-refractivity contribution < 1.29 is 22.1 Å². The average molecular weight is 478 g/mol. The van der Waals surface area contributed by atoms with Crippen LogP contribution < -0.4 is 3.26 Å². The molecule has 1 aliphatic carbocycles. The maximum atomic E-state index is 6.01. The summed E-state index contributed by atoms with van der Waals surface area (Å²) in [5, 5.41) is 0. The van der Waals surface area contributed by atoms with Crippen LogP contribution in [0.1, 0.15) is 27.7 Å².